The van der Waals surface area contributed by atoms with E-state index in [-0.39, 0.29) is 5.91 Å². The maximum absolute atomic E-state index is 12.0. The summed E-state index contributed by atoms with van der Waals surface area (Å²) in [5.74, 6) is -0.110. The van der Waals surface area contributed by atoms with Crippen LogP contribution in [0.4, 0.5) is 5.69 Å². The first-order valence-electron chi connectivity index (χ1n) is 4.99. The molecule has 2 rings (SSSR count). The third-order valence-electron chi connectivity index (χ3n) is 2.24. The van der Waals surface area contributed by atoms with E-state index in [1.165, 1.54) is 0 Å². The fourth-order valence-corrected chi connectivity index (χ4v) is 2.38. The highest BCUT2D eigenvalue weighted by molar-refractivity contribution is 14.1. The molecule has 0 aliphatic carbocycles. The van der Waals surface area contributed by atoms with Crippen molar-refractivity contribution in [3.63, 3.8) is 0 Å². The third-order valence-corrected chi connectivity index (χ3v) is 3.87. The summed E-state index contributed by atoms with van der Waals surface area (Å²) in [7, 11) is 0. The molecule has 0 bridgehead atoms. The summed E-state index contributed by atoms with van der Waals surface area (Å²) in [6.07, 6.45) is 0. The van der Waals surface area contributed by atoms with Gasteiger partial charge in [0.2, 0.25) is 0 Å². The van der Waals surface area contributed by atoms with Crippen LogP contribution in [0.3, 0.4) is 0 Å². The second kappa shape index (κ2) is 5.64. The molecule has 0 saturated carbocycles. The Morgan fingerprint density at radius 1 is 1.06 bits per heavy atom. The van der Waals surface area contributed by atoms with Crippen LogP contribution in [0, 0.1) is 3.57 Å². The van der Waals surface area contributed by atoms with Crippen LogP contribution in [0.1, 0.15) is 10.4 Å². The van der Waals surface area contributed by atoms with Gasteiger partial charge in [0, 0.05) is 8.04 Å². The van der Waals surface area contributed by atoms with Crippen LogP contribution in [-0.4, -0.2) is 5.91 Å². The van der Waals surface area contributed by atoms with Gasteiger partial charge in [-0.25, -0.2) is 0 Å². The van der Waals surface area contributed by atoms with E-state index in [1.54, 1.807) is 6.07 Å². The summed E-state index contributed by atoms with van der Waals surface area (Å²) in [4.78, 5) is 12.0. The Hall–Kier alpha value is -0.880. The zero-order valence-corrected chi connectivity index (χ0v) is 12.5. The van der Waals surface area contributed by atoms with Gasteiger partial charge in [0.25, 0.3) is 5.91 Å². The molecular weight excluding hydrogens is 393 g/mol. The fraction of sp³-hybridized carbons (Fsp3) is 0. The molecule has 0 aliphatic heterocycles. The number of nitrogens with one attached hydrogen (secondary N) is 1. The molecule has 1 N–H and O–H groups in total. The molecule has 0 heterocycles. The lowest BCUT2D eigenvalue weighted by atomic mass is 10.2. The van der Waals surface area contributed by atoms with E-state index in [4.69, 9.17) is 0 Å². The average Bonchev–Trinajstić information content (AvgIpc) is 2.32. The molecule has 2 aromatic carbocycles. The summed E-state index contributed by atoms with van der Waals surface area (Å²) in [6.45, 7) is 0. The van der Waals surface area contributed by atoms with E-state index >= 15 is 0 Å². The van der Waals surface area contributed by atoms with Crippen molar-refractivity contribution in [2.24, 2.45) is 0 Å². The van der Waals surface area contributed by atoms with Crippen molar-refractivity contribution in [3.8, 4) is 0 Å². The molecule has 0 atom stereocenters. The van der Waals surface area contributed by atoms with Crippen LogP contribution in [-0.2, 0) is 0 Å². The Balaban J connectivity index is 2.24. The predicted molar refractivity (Wildman–Crippen MR) is 81.3 cm³/mol. The van der Waals surface area contributed by atoms with E-state index < -0.39 is 0 Å². The third kappa shape index (κ3) is 3.07. The molecule has 0 spiro atoms. The monoisotopic (exact) mass is 401 g/mol. The van der Waals surface area contributed by atoms with Gasteiger partial charge in [-0.15, -0.1) is 0 Å². The first kappa shape index (κ1) is 12.6. The van der Waals surface area contributed by atoms with Gasteiger partial charge in [-0.1, -0.05) is 24.3 Å². The molecular formula is C13H9BrINO. The van der Waals surface area contributed by atoms with Crippen molar-refractivity contribution in [2.45, 2.75) is 0 Å². The van der Waals surface area contributed by atoms with Crippen molar-refractivity contribution in [2.75, 3.05) is 5.32 Å². The maximum Gasteiger partial charge on any atom is 0.256 e. The summed E-state index contributed by atoms with van der Waals surface area (Å²) in [5, 5.41) is 2.89. The second-order valence-corrected chi connectivity index (χ2v) is 5.43. The fourth-order valence-electron chi connectivity index (χ4n) is 1.40. The van der Waals surface area contributed by atoms with Gasteiger partial charge in [0.1, 0.15) is 0 Å². The van der Waals surface area contributed by atoms with Crippen LogP contribution >= 0.6 is 38.5 Å². The van der Waals surface area contributed by atoms with E-state index in [0.717, 1.165) is 13.7 Å². The minimum atomic E-state index is -0.110. The van der Waals surface area contributed by atoms with Gasteiger partial charge < -0.3 is 5.32 Å². The highest BCUT2D eigenvalue weighted by atomic mass is 127. The highest BCUT2D eigenvalue weighted by Crippen LogP contribution is 2.20. The zero-order valence-electron chi connectivity index (χ0n) is 8.78. The normalized spacial score (nSPS) is 10.0. The lowest BCUT2D eigenvalue weighted by Crippen LogP contribution is -2.13. The van der Waals surface area contributed by atoms with Crippen LogP contribution in [0.2, 0.25) is 0 Å². The molecule has 4 heteroatoms. The van der Waals surface area contributed by atoms with Crippen molar-refractivity contribution in [1.82, 2.24) is 0 Å². The van der Waals surface area contributed by atoms with Crippen LogP contribution in [0.5, 0.6) is 0 Å². The number of para-hydroxylation sites is 1. The van der Waals surface area contributed by atoms with Gasteiger partial charge in [-0.2, -0.15) is 0 Å². The number of carbonyl (C=O) groups excluding carboxylic acids is 1. The molecule has 0 aromatic heterocycles. The lowest BCUT2D eigenvalue weighted by Gasteiger charge is -2.08. The molecule has 2 aromatic rings. The summed E-state index contributed by atoms with van der Waals surface area (Å²) in [5.41, 5.74) is 1.46. The maximum atomic E-state index is 12.0. The molecule has 0 fully saturated rings. The summed E-state index contributed by atoms with van der Waals surface area (Å²) < 4.78 is 1.81. The number of anilines is 1. The van der Waals surface area contributed by atoms with Crippen LogP contribution in [0.25, 0.3) is 0 Å². The van der Waals surface area contributed by atoms with E-state index in [2.05, 4.69) is 43.8 Å². The minimum absolute atomic E-state index is 0.110. The summed E-state index contributed by atoms with van der Waals surface area (Å²) >= 11 is 5.56. The van der Waals surface area contributed by atoms with Crippen LogP contribution < -0.4 is 5.32 Å². The minimum Gasteiger partial charge on any atom is -0.321 e. The molecule has 0 unspecified atom stereocenters. The average molecular weight is 402 g/mol. The number of halogens is 2. The first-order chi connectivity index (χ1) is 8.18. The number of hydrogen-bond acceptors (Lipinski definition) is 1. The van der Waals surface area contributed by atoms with Crippen molar-refractivity contribution in [3.05, 3.63) is 62.1 Å². The van der Waals surface area contributed by atoms with Gasteiger partial charge >= 0.3 is 0 Å². The van der Waals surface area contributed by atoms with E-state index in [0.29, 0.717) is 5.56 Å². The van der Waals surface area contributed by atoms with Crippen LogP contribution in [0.15, 0.2) is 53.0 Å². The predicted octanol–water partition coefficient (Wildman–Crippen LogP) is 4.31. The van der Waals surface area contributed by atoms with E-state index in [9.17, 15) is 4.79 Å². The van der Waals surface area contributed by atoms with Gasteiger partial charge in [-0.3, -0.25) is 4.79 Å². The number of hydrogen-bond donors (Lipinski definition) is 1. The van der Waals surface area contributed by atoms with Gasteiger partial charge in [0.05, 0.1) is 11.3 Å². The van der Waals surface area contributed by atoms with Crippen molar-refractivity contribution in [1.29, 1.82) is 0 Å². The number of amides is 1. The Morgan fingerprint density at radius 3 is 2.41 bits per heavy atom. The molecule has 2 nitrogen and oxygen atoms in total. The number of benzene rings is 2. The molecule has 86 valence electrons. The highest BCUT2D eigenvalue weighted by Gasteiger charge is 2.10. The van der Waals surface area contributed by atoms with Crippen molar-refractivity contribution >= 4 is 50.1 Å². The number of rotatable bonds is 2. The Labute approximate surface area is 122 Å². The van der Waals surface area contributed by atoms with Gasteiger partial charge in [-0.05, 0) is 62.8 Å². The molecule has 0 radical (unpaired) electrons. The number of carbonyl (C=O) groups is 1. The Bertz CT molecular complexity index is 557. The van der Waals surface area contributed by atoms with E-state index in [1.807, 2.05) is 42.5 Å². The smallest absolute Gasteiger partial charge is 0.256 e. The molecule has 0 saturated heterocycles. The quantitative estimate of drug-likeness (QED) is 0.746. The summed E-state index contributed by atoms with van der Waals surface area (Å²) in [6, 6.07) is 15.0. The largest absolute Gasteiger partial charge is 0.321 e. The molecule has 0 aliphatic rings. The molecule has 17 heavy (non-hydrogen) atoms. The standard InChI is InChI=1S/C13H9BrINO/c14-10-6-2-1-5-9(10)13(17)16-12-8-4-3-7-11(12)15/h1-8H,(H,16,17). The van der Waals surface area contributed by atoms with Crippen molar-refractivity contribution < 1.29 is 4.79 Å². The molecule has 1 amide bonds. The first-order valence-corrected chi connectivity index (χ1v) is 6.86. The van der Waals surface area contributed by atoms with Gasteiger partial charge in [0.15, 0.2) is 0 Å². The SMILES string of the molecule is O=C(Nc1ccccc1I)c1ccccc1Br. The topological polar surface area (TPSA) is 29.1 Å². The Morgan fingerprint density at radius 2 is 1.71 bits per heavy atom. The Kier molecular flexibility index (Phi) is 4.17. The lowest BCUT2D eigenvalue weighted by molar-refractivity contribution is 0.102. The zero-order chi connectivity index (χ0) is 12.3. The second-order valence-electron chi connectivity index (χ2n) is 3.41.